The second kappa shape index (κ2) is 6.56. The van der Waals surface area contributed by atoms with E-state index in [4.69, 9.17) is 4.74 Å². The predicted molar refractivity (Wildman–Crippen MR) is 73.3 cm³/mol. The second-order valence-electron chi connectivity index (χ2n) is 3.65. The molecule has 1 aromatic rings. The van der Waals surface area contributed by atoms with Crippen LogP contribution in [0.25, 0.3) is 5.57 Å². The van der Waals surface area contributed by atoms with Gasteiger partial charge in [0, 0.05) is 12.0 Å². The molecular weight excluding hydrogens is 216 g/mol. The first kappa shape index (κ1) is 13.1. The molecule has 0 bridgehead atoms. The van der Waals surface area contributed by atoms with Gasteiger partial charge >= 0.3 is 0 Å². The number of allylic oxidation sites excluding steroid dienone is 2. The summed E-state index contributed by atoms with van der Waals surface area (Å²) < 4.78 is 5.23. The first-order chi connectivity index (χ1) is 7.65. The van der Waals surface area contributed by atoms with Crippen molar-refractivity contribution in [3.63, 3.8) is 0 Å². The highest BCUT2D eigenvalue weighted by atomic mass is 32.2. The van der Waals surface area contributed by atoms with Crippen LogP contribution in [-0.2, 0) is 4.74 Å². The van der Waals surface area contributed by atoms with Gasteiger partial charge in [-0.15, -0.1) is 0 Å². The first-order valence-corrected chi connectivity index (χ1v) is 6.04. The second-order valence-corrected chi connectivity index (χ2v) is 5.05. The van der Waals surface area contributed by atoms with Crippen molar-refractivity contribution in [3.05, 3.63) is 52.3 Å². The van der Waals surface area contributed by atoms with E-state index in [9.17, 15) is 0 Å². The van der Waals surface area contributed by atoms with Gasteiger partial charge < -0.3 is 4.74 Å². The summed E-state index contributed by atoms with van der Waals surface area (Å²) in [6.07, 6.45) is 0. The zero-order chi connectivity index (χ0) is 12.0. The van der Waals surface area contributed by atoms with Crippen LogP contribution in [0.2, 0.25) is 0 Å². The third kappa shape index (κ3) is 3.87. The van der Waals surface area contributed by atoms with Gasteiger partial charge in [0.15, 0.2) is 0 Å². The maximum atomic E-state index is 5.23. The van der Waals surface area contributed by atoms with Crippen LogP contribution in [-0.4, -0.2) is 13.7 Å². The highest BCUT2D eigenvalue weighted by Gasteiger charge is 2.05. The number of hydrogen-bond acceptors (Lipinski definition) is 2. The van der Waals surface area contributed by atoms with Gasteiger partial charge in [-0.2, -0.15) is 0 Å². The molecule has 0 aliphatic carbocycles. The third-order valence-electron chi connectivity index (χ3n) is 2.20. The Morgan fingerprint density at radius 3 is 2.38 bits per heavy atom. The lowest BCUT2D eigenvalue weighted by Crippen LogP contribution is -1.94. The topological polar surface area (TPSA) is 9.23 Å². The Labute approximate surface area is 102 Å². The van der Waals surface area contributed by atoms with Crippen molar-refractivity contribution in [1.82, 2.24) is 0 Å². The van der Waals surface area contributed by atoms with Crippen molar-refractivity contribution in [3.8, 4) is 0 Å². The molecule has 0 fully saturated rings. The summed E-state index contributed by atoms with van der Waals surface area (Å²) in [6, 6.07) is 10.4. The fourth-order valence-corrected chi connectivity index (χ4v) is 2.27. The van der Waals surface area contributed by atoms with Crippen LogP contribution in [0.1, 0.15) is 19.4 Å². The number of ether oxygens (including phenoxy) is 1. The number of methoxy groups -OCH3 is 1. The van der Waals surface area contributed by atoms with Crippen LogP contribution in [0.15, 0.2) is 46.7 Å². The number of hydrogen-bond donors (Lipinski definition) is 0. The smallest absolute Gasteiger partial charge is 0.0778 e. The molecule has 86 valence electrons. The third-order valence-corrected chi connectivity index (χ3v) is 3.22. The summed E-state index contributed by atoms with van der Waals surface area (Å²) in [5.41, 5.74) is 2.50. The van der Waals surface area contributed by atoms with E-state index in [1.807, 2.05) is 13.0 Å². The predicted octanol–water partition coefficient (Wildman–Crippen LogP) is 4.33. The van der Waals surface area contributed by atoms with Gasteiger partial charge in [-0.25, -0.2) is 0 Å². The number of thioether (sulfide) groups is 1. The summed E-state index contributed by atoms with van der Waals surface area (Å²) in [5, 5.41) is 0. The Morgan fingerprint density at radius 2 is 1.88 bits per heavy atom. The Kier molecular flexibility index (Phi) is 5.36. The Balaban J connectivity index is 3.00. The lowest BCUT2D eigenvalue weighted by atomic mass is 10.1. The van der Waals surface area contributed by atoms with Crippen molar-refractivity contribution in [2.45, 2.75) is 13.8 Å². The zero-order valence-electron chi connectivity index (χ0n) is 10.1. The number of benzene rings is 1. The maximum absolute atomic E-state index is 5.23. The SMILES string of the molecule is C=C(C)S/C(COC)=C(\C)c1ccccc1. The van der Waals surface area contributed by atoms with Crippen LogP contribution in [0.3, 0.4) is 0 Å². The summed E-state index contributed by atoms with van der Waals surface area (Å²) in [7, 11) is 1.72. The highest BCUT2D eigenvalue weighted by molar-refractivity contribution is 8.06. The van der Waals surface area contributed by atoms with Crippen LogP contribution in [0, 0.1) is 0 Å². The van der Waals surface area contributed by atoms with Crippen molar-refractivity contribution in [2.75, 3.05) is 13.7 Å². The van der Waals surface area contributed by atoms with Crippen molar-refractivity contribution >= 4 is 17.3 Å². The van der Waals surface area contributed by atoms with Crippen molar-refractivity contribution in [2.24, 2.45) is 0 Å². The minimum absolute atomic E-state index is 0.637. The fraction of sp³-hybridized carbons (Fsp3) is 0.286. The average Bonchev–Trinajstić information content (AvgIpc) is 2.28. The molecule has 0 spiro atoms. The molecule has 1 rings (SSSR count). The molecule has 0 aliphatic rings. The molecule has 1 nitrogen and oxygen atoms in total. The lowest BCUT2D eigenvalue weighted by Gasteiger charge is -2.11. The molecular formula is C14H18OS. The van der Waals surface area contributed by atoms with Crippen molar-refractivity contribution in [1.29, 1.82) is 0 Å². The average molecular weight is 234 g/mol. The molecule has 0 atom stereocenters. The van der Waals surface area contributed by atoms with Crippen molar-refractivity contribution < 1.29 is 4.74 Å². The monoisotopic (exact) mass is 234 g/mol. The molecule has 0 aliphatic heterocycles. The van der Waals surface area contributed by atoms with Crippen LogP contribution >= 0.6 is 11.8 Å². The summed E-state index contributed by atoms with van der Waals surface area (Å²) in [5.74, 6) is 0. The molecule has 0 unspecified atom stereocenters. The van der Waals surface area contributed by atoms with Crippen LogP contribution in [0.4, 0.5) is 0 Å². The molecule has 0 radical (unpaired) electrons. The van der Waals surface area contributed by atoms with Crippen LogP contribution in [0.5, 0.6) is 0 Å². The first-order valence-electron chi connectivity index (χ1n) is 5.22. The highest BCUT2D eigenvalue weighted by Crippen LogP contribution is 2.30. The molecule has 0 saturated carbocycles. The van der Waals surface area contributed by atoms with Gasteiger partial charge in [-0.3, -0.25) is 0 Å². The Morgan fingerprint density at radius 1 is 1.25 bits per heavy atom. The molecule has 0 heterocycles. The maximum Gasteiger partial charge on any atom is 0.0778 e. The van der Waals surface area contributed by atoms with Gasteiger partial charge in [0.05, 0.1) is 6.61 Å². The molecule has 2 heteroatoms. The van der Waals surface area contributed by atoms with E-state index in [-0.39, 0.29) is 0 Å². The molecule has 1 aromatic carbocycles. The van der Waals surface area contributed by atoms with Crippen LogP contribution < -0.4 is 0 Å². The van der Waals surface area contributed by atoms with E-state index in [1.165, 1.54) is 16.0 Å². The van der Waals surface area contributed by atoms with Gasteiger partial charge in [0.2, 0.25) is 0 Å². The van der Waals surface area contributed by atoms with Gasteiger partial charge in [0.25, 0.3) is 0 Å². The molecule has 0 aromatic heterocycles. The zero-order valence-corrected chi connectivity index (χ0v) is 10.9. The molecule has 16 heavy (non-hydrogen) atoms. The van der Waals surface area contributed by atoms with E-state index in [0.717, 1.165) is 4.91 Å². The van der Waals surface area contributed by atoms with Gasteiger partial charge in [0.1, 0.15) is 0 Å². The molecule has 0 N–H and O–H groups in total. The Hall–Kier alpha value is -0.990. The Bertz CT molecular complexity index is 379. The van der Waals surface area contributed by atoms with E-state index in [0.29, 0.717) is 6.61 Å². The quantitative estimate of drug-likeness (QED) is 0.750. The molecule has 0 amide bonds. The summed E-state index contributed by atoms with van der Waals surface area (Å²) >= 11 is 1.69. The number of rotatable bonds is 5. The fourth-order valence-electron chi connectivity index (χ4n) is 1.40. The van der Waals surface area contributed by atoms with E-state index >= 15 is 0 Å². The standard InChI is InChI=1S/C14H18OS/c1-11(2)16-14(10-15-4)12(3)13-8-6-5-7-9-13/h5-9H,1,10H2,2-4H3/b14-12+. The minimum Gasteiger partial charge on any atom is -0.379 e. The molecule has 0 saturated heterocycles. The van der Waals surface area contributed by atoms with Gasteiger partial charge in [-0.1, -0.05) is 48.7 Å². The lowest BCUT2D eigenvalue weighted by molar-refractivity contribution is 0.232. The van der Waals surface area contributed by atoms with E-state index < -0.39 is 0 Å². The minimum atomic E-state index is 0.637. The van der Waals surface area contributed by atoms with Gasteiger partial charge in [-0.05, 0) is 29.9 Å². The largest absolute Gasteiger partial charge is 0.379 e. The summed E-state index contributed by atoms with van der Waals surface area (Å²) in [6.45, 7) is 8.70. The summed E-state index contributed by atoms with van der Waals surface area (Å²) in [4.78, 5) is 2.31. The van der Waals surface area contributed by atoms with E-state index in [1.54, 1.807) is 18.9 Å². The van der Waals surface area contributed by atoms with E-state index in [2.05, 4.69) is 37.8 Å². The normalized spacial score (nSPS) is 12.2.